The third-order valence-corrected chi connectivity index (χ3v) is 4.17. The van der Waals surface area contributed by atoms with Gasteiger partial charge in [0.2, 0.25) is 5.91 Å². The molecule has 0 aliphatic rings. The molecule has 0 heterocycles. The molecule has 6 nitrogen and oxygen atoms in total. The van der Waals surface area contributed by atoms with E-state index in [1.54, 1.807) is 18.9 Å². The number of nitrogens with zero attached hydrogens (tertiary/aromatic N) is 2. The molecule has 0 aliphatic carbocycles. The number of unbranched alkanes of at least 4 members (excludes halogenated alkanes) is 2. The Kier molecular flexibility index (Phi) is 11.1. The maximum absolute atomic E-state index is 11.8. The Morgan fingerprint density at radius 2 is 1.73 bits per heavy atom. The van der Waals surface area contributed by atoms with Gasteiger partial charge < -0.3 is 19.9 Å². The molecule has 0 aromatic heterocycles. The normalized spacial score (nSPS) is 10.6. The Hall–Kier alpha value is -2.08. The number of nitrogens with one attached hydrogen (secondary N) is 1. The first-order chi connectivity index (χ1) is 12.5. The van der Waals surface area contributed by atoms with Crippen molar-refractivity contribution >= 4 is 12.0 Å². The van der Waals surface area contributed by atoms with Crippen LogP contribution < -0.4 is 5.32 Å². The molecule has 0 unspecified atom stereocenters. The number of carbonyl (C=O) groups is 2. The second-order valence-corrected chi connectivity index (χ2v) is 6.50. The van der Waals surface area contributed by atoms with Crippen LogP contribution in [0.4, 0.5) is 4.79 Å². The summed E-state index contributed by atoms with van der Waals surface area (Å²) in [4.78, 5) is 27.1. The molecule has 1 aromatic carbocycles. The van der Waals surface area contributed by atoms with E-state index in [1.165, 1.54) is 0 Å². The molecule has 0 spiro atoms. The van der Waals surface area contributed by atoms with Crippen LogP contribution in [0, 0.1) is 0 Å². The summed E-state index contributed by atoms with van der Waals surface area (Å²) in [5.74, 6) is 0.110. The SMILES string of the molecule is CCOC(=O)N(C)CCN(C)CCCCCC(=O)NCc1ccccc1. The molecule has 0 bridgehead atoms. The highest BCUT2D eigenvalue weighted by Crippen LogP contribution is 2.03. The number of amides is 2. The van der Waals surface area contributed by atoms with Gasteiger partial charge in [-0.3, -0.25) is 4.79 Å². The molecule has 6 heteroatoms. The van der Waals surface area contributed by atoms with E-state index in [9.17, 15) is 9.59 Å². The zero-order chi connectivity index (χ0) is 19.2. The zero-order valence-corrected chi connectivity index (χ0v) is 16.4. The lowest BCUT2D eigenvalue weighted by atomic mass is 10.1. The molecule has 0 saturated carbocycles. The average molecular weight is 364 g/mol. The van der Waals surface area contributed by atoms with E-state index in [-0.39, 0.29) is 12.0 Å². The Morgan fingerprint density at radius 1 is 1.00 bits per heavy atom. The maximum atomic E-state index is 11.8. The van der Waals surface area contributed by atoms with Crippen LogP contribution in [-0.4, -0.2) is 62.1 Å². The average Bonchev–Trinajstić information content (AvgIpc) is 2.65. The predicted molar refractivity (Wildman–Crippen MR) is 104 cm³/mol. The molecule has 0 aliphatic heterocycles. The van der Waals surface area contributed by atoms with Crippen LogP contribution >= 0.6 is 0 Å². The molecule has 2 amide bonds. The van der Waals surface area contributed by atoms with Gasteiger partial charge in [-0.2, -0.15) is 0 Å². The fourth-order valence-electron chi connectivity index (χ4n) is 2.49. The highest BCUT2D eigenvalue weighted by molar-refractivity contribution is 5.75. The smallest absolute Gasteiger partial charge is 0.409 e. The van der Waals surface area contributed by atoms with Gasteiger partial charge in [-0.1, -0.05) is 36.8 Å². The van der Waals surface area contributed by atoms with Gasteiger partial charge in [0, 0.05) is 33.1 Å². The van der Waals surface area contributed by atoms with Crippen LogP contribution in [0.25, 0.3) is 0 Å². The van der Waals surface area contributed by atoms with Gasteiger partial charge in [-0.25, -0.2) is 4.79 Å². The van der Waals surface area contributed by atoms with Crippen LogP contribution in [-0.2, 0) is 16.1 Å². The topological polar surface area (TPSA) is 61.9 Å². The molecule has 146 valence electrons. The number of rotatable bonds is 12. The molecule has 0 radical (unpaired) electrons. The van der Waals surface area contributed by atoms with Gasteiger partial charge in [-0.05, 0) is 38.9 Å². The summed E-state index contributed by atoms with van der Waals surface area (Å²) in [6, 6.07) is 9.94. The van der Waals surface area contributed by atoms with Crippen LogP contribution in [0.5, 0.6) is 0 Å². The van der Waals surface area contributed by atoms with Crippen molar-refractivity contribution < 1.29 is 14.3 Å². The van der Waals surface area contributed by atoms with E-state index in [1.807, 2.05) is 37.4 Å². The summed E-state index contributed by atoms with van der Waals surface area (Å²) in [5.41, 5.74) is 1.12. The molecule has 26 heavy (non-hydrogen) atoms. The zero-order valence-electron chi connectivity index (χ0n) is 16.4. The maximum Gasteiger partial charge on any atom is 0.409 e. The third-order valence-electron chi connectivity index (χ3n) is 4.17. The van der Waals surface area contributed by atoms with Gasteiger partial charge in [0.05, 0.1) is 6.61 Å². The molecule has 1 N–H and O–H groups in total. The summed E-state index contributed by atoms with van der Waals surface area (Å²) in [7, 11) is 3.80. The Morgan fingerprint density at radius 3 is 2.42 bits per heavy atom. The molecule has 0 saturated heterocycles. The van der Waals surface area contributed by atoms with Crippen molar-refractivity contribution in [2.75, 3.05) is 40.3 Å². The van der Waals surface area contributed by atoms with Crippen molar-refractivity contribution in [3.63, 3.8) is 0 Å². The lowest BCUT2D eigenvalue weighted by Gasteiger charge is -2.21. The third kappa shape index (κ3) is 10.0. The largest absolute Gasteiger partial charge is 0.450 e. The highest BCUT2D eigenvalue weighted by Gasteiger charge is 2.09. The van der Waals surface area contributed by atoms with Gasteiger partial charge in [0.1, 0.15) is 0 Å². The van der Waals surface area contributed by atoms with E-state index < -0.39 is 0 Å². The second kappa shape index (κ2) is 13.2. The first-order valence-electron chi connectivity index (χ1n) is 9.40. The van der Waals surface area contributed by atoms with Crippen LogP contribution in [0.15, 0.2) is 30.3 Å². The van der Waals surface area contributed by atoms with E-state index in [2.05, 4.69) is 10.2 Å². The Labute approximate surface area is 157 Å². The number of likely N-dealkylation sites (N-methyl/N-ethyl adjacent to an activating group) is 2. The van der Waals surface area contributed by atoms with Crippen molar-refractivity contribution in [1.29, 1.82) is 0 Å². The van der Waals surface area contributed by atoms with Gasteiger partial charge in [-0.15, -0.1) is 0 Å². The van der Waals surface area contributed by atoms with Crippen LogP contribution in [0.1, 0.15) is 38.2 Å². The Bertz CT molecular complexity index is 522. The summed E-state index contributed by atoms with van der Waals surface area (Å²) in [5, 5.41) is 2.95. The fraction of sp³-hybridized carbons (Fsp3) is 0.600. The number of hydrogen-bond donors (Lipinski definition) is 1. The standard InChI is InChI=1S/C20H33N3O3/c1-4-26-20(25)23(3)16-15-22(2)14-10-6-9-13-19(24)21-17-18-11-7-5-8-12-18/h5,7-8,11-12H,4,6,9-10,13-17H2,1-3H3,(H,21,24). The molecule has 0 fully saturated rings. The molecular weight excluding hydrogens is 330 g/mol. The van der Waals surface area contributed by atoms with Crippen molar-refractivity contribution in [1.82, 2.24) is 15.1 Å². The fourth-order valence-corrected chi connectivity index (χ4v) is 2.49. The minimum absolute atomic E-state index is 0.110. The lowest BCUT2D eigenvalue weighted by Crippen LogP contribution is -2.35. The number of ether oxygens (including phenoxy) is 1. The van der Waals surface area contributed by atoms with Crippen LogP contribution in [0.3, 0.4) is 0 Å². The van der Waals surface area contributed by atoms with E-state index in [4.69, 9.17) is 4.74 Å². The monoisotopic (exact) mass is 363 g/mol. The predicted octanol–water partition coefficient (Wildman–Crippen LogP) is 2.88. The molecule has 1 aromatic rings. The van der Waals surface area contributed by atoms with Crippen LogP contribution in [0.2, 0.25) is 0 Å². The van der Waals surface area contributed by atoms with Crippen molar-refractivity contribution in [3.8, 4) is 0 Å². The van der Waals surface area contributed by atoms with Crippen molar-refractivity contribution in [3.05, 3.63) is 35.9 Å². The van der Waals surface area contributed by atoms with Gasteiger partial charge in [0.25, 0.3) is 0 Å². The Balaban J connectivity index is 2.02. The lowest BCUT2D eigenvalue weighted by molar-refractivity contribution is -0.121. The van der Waals surface area contributed by atoms with Gasteiger partial charge >= 0.3 is 6.09 Å². The summed E-state index contributed by atoms with van der Waals surface area (Å²) >= 11 is 0. The molecule has 1 rings (SSSR count). The van der Waals surface area contributed by atoms with E-state index >= 15 is 0 Å². The first kappa shape index (κ1) is 22.0. The van der Waals surface area contributed by atoms with Crippen molar-refractivity contribution in [2.45, 2.75) is 39.2 Å². The van der Waals surface area contributed by atoms with E-state index in [0.29, 0.717) is 26.1 Å². The van der Waals surface area contributed by atoms with Gasteiger partial charge in [0.15, 0.2) is 0 Å². The quantitative estimate of drug-likeness (QED) is 0.580. The number of carbonyl (C=O) groups excluding carboxylic acids is 2. The highest BCUT2D eigenvalue weighted by atomic mass is 16.5. The number of hydrogen-bond acceptors (Lipinski definition) is 4. The first-order valence-corrected chi connectivity index (χ1v) is 9.40. The molecule has 0 atom stereocenters. The minimum Gasteiger partial charge on any atom is -0.450 e. The van der Waals surface area contributed by atoms with Crippen molar-refractivity contribution in [2.24, 2.45) is 0 Å². The second-order valence-electron chi connectivity index (χ2n) is 6.50. The minimum atomic E-state index is -0.276. The van der Waals surface area contributed by atoms with E-state index in [0.717, 1.165) is 37.9 Å². The molecular formula is C20H33N3O3. The number of benzene rings is 1. The summed E-state index contributed by atoms with van der Waals surface area (Å²) in [6.45, 7) is 5.22. The summed E-state index contributed by atoms with van der Waals surface area (Å²) < 4.78 is 4.95. The summed E-state index contributed by atoms with van der Waals surface area (Å²) in [6.07, 6.45) is 3.27.